The van der Waals surface area contributed by atoms with Crippen molar-refractivity contribution in [2.45, 2.75) is 25.3 Å². The van der Waals surface area contributed by atoms with E-state index in [1.54, 1.807) is 24.3 Å². The average Bonchev–Trinajstić information content (AvgIpc) is 2.56. The molecule has 9 heteroatoms. The first-order valence-corrected chi connectivity index (χ1v) is 9.47. The second-order valence-electron chi connectivity index (χ2n) is 5.25. The summed E-state index contributed by atoms with van der Waals surface area (Å²) >= 11 is 0. The van der Waals surface area contributed by atoms with Crippen LogP contribution < -0.4 is 10.6 Å². The highest BCUT2D eigenvalue weighted by Gasteiger charge is 2.16. The van der Waals surface area contributed by atoms with E-state index in [1.165, 1.54) is 18.4 Å². The summed E-state index contributed by atoms with van der Waals surface area (Å²) < 4.78 is 30.5. The number of rotatable bonds is 9. The number of halogens is 1. The highest BCUT2D eigenvalue weighted by atomic mass is 127. The Morgan fingerprint density at radius 2 is 1.80 bits per heavy atom. The van der Waals surface area contributed by atoms with Crippen LogP contribution in [-0.2, 0) is 21.3 Å². The Kier molecular flexibility index (Phi) is 12.0. The maximum absolute atomic E-state index is 12.0. The van der Waals surface area contributed by atoms with E-state index in [1.807, 2.05) is 13.8 Å². The number of sulfonamides is 1. The number of nitrogens with one attached hydrogen (secondary N) is 2. The van der Waals surface area contributed by atoms with Gasteiger partial charge in [0.15, 0.2) is 5.96 Å². The highest BCUT2D eigenvalue weighted by Crippen LogP contribution is 2.14. The Hall–Kier alpha value is -0.910. The normalized spacial score (nSPS) is 12.0. The zero-order chi connectivity index (χ0) is 18.0. The summed E-state index contributed by atoms with van der Waals surface area (Å²) in [4.78, 5) is 4.77. The van der Waals surface area contributed by atoms with Crippen molar-refractivity contribution in [3.8, 4) is 0 Å². The maximum atomic E-state index is 12.0. The topological polar surface area (TPSA) is 83.0 Å². The third kappa shape index (κ3) is 8.34. The lowest BCUT2D eigenvalue weighted by atomic mass is 10.2. The first-order valence-electron chi connectivity index (χ1n) is 8.03. The minimum atomic E-state index is -3.39. The summed E-state index contributed by atoms with van der Waals surface area (Å²) in [7, 11) is -0.356. The van der Waals surface area contributed by atoms with Crippen LogP contribution in [0.5, 0.6) is 0 Å². The summed E-state index contributed by atoms with van der Waals surface area (Å²) in [6, 6.07) is 6.78. The largest absolute Gasteiger partial charge is 0.380 e. The van der Waals surface area contributed by atoms with Crippen LogP contribution in [0.15, 0.2) is 34.2 Å². The van der Waals surface area contributed by atoms with Gasteiger partial charge in [-0.3, -0.25) is 0 Å². The smallest absolute Gasteiger partial charge is 0.242 e. The fourth-order valence-electron chi connectivity index (χ4n) is 1.88. The molecule has 0 saturated heterocycles. The highest BCUT2D eigenvalue weighted by molar-refractivity contribution is 14.0. The second kappa shape index (κ2) is 12.4. The van der Waals surface area contributed by atoms with Crippen LogP contribution >= 0.6 is 24.0 Å². The molecule has 0 saturated carbocycles. The molecule has 0 radical (unpaired) electrons. The monoisotopic (exact) mass is 484 g/mol. The van der Waals surface area contributed by atoms with Crippen molar-refractivity contribution in [3.63, 3.8) is 0 Å². The van der Waals surface area contributed by atoms with Crippen LogP contribution in [0.25, 0.3) is 0 Å². The molecule has 7 nitrogen and oxygen atoms in total. The van der Waals surface area contributed by atoms with E-state index in [-0.39, 0.29) is 28.9 Å². The second-order valence-corrected chi connectivity index (χ2v) is 7.40. The molecule has 1 aromatic carbocycles. The van der Waals surface area contributed by atoms with E-state index in [2.05, 4.69) is 15.6 Å². The van der Waals surface area contributed by atoms with Crippen molar-refractivity contribution in [3.05, 3.63) is 29.8 Å². The van der Waals surface area contributed by atoms with E-state index < -0.39 is 10.0 Å². The van der Waals surface area contributed by atoms with Gasteiger partial charge in [0, 0.05) is 33.8 Å². The molecule has 1 aromatic rings. The van der Waals surface area contributed by atoms with Crippen molar-refractivity contribution in [2.24, 2.45) is 4.99 Å². The number of nitrogens with zero attached hydrogens (tertiary/aromatic N) is 2. The summed E-state index contributed by atoms with van der Waals surface area (Å²) in [5, 5.41) is 6.35. The van der Waals surface area contributed by atoms with E-state index in [9.17, 15) is 8.42 Å². The van der Waals surface area contributed by atoms with Crippen LogP contribution in [0, 0.1) is 0 Å². The third-order valence-corrected chi connectivity index (χ3v) is 5.04. The van der Waals surface area contributed by atoms with E-state index in [0.29, 0.717) is 32.3 Å². The van der Waals surface area contributed by atoms with Crippen molar-refractivity contribution in [1.29, 1.82) is 0 Å². The lowest BCUT2D eigenvalue weighted by molar-refractivity contribution is 0.152. The predicted molar refractivity (Wildman–Crippen MR) is 112 cm³/mol. The molecule has 0 fully saturated rings. The SMILES string of the molecule is CCNC(=NCc1ccc(S(=O)(=O)N(C)C)cc1)NCCOCC.I. The number of aliphatic imine (C=N–C) groups is 1. The molecule has 0 spiro atoms. The molecule has 0 aliphatic rings. The Balaban J connectivity index is 0.00000576. The van der Waals surface area contributed by atoms with Gasteiger partial charge in [0.05, 0.1) is 18.0 Å². The minimum Gasteiger partial charge on any atom is -0.380 e. The molecule has 0 aliphatic carbocycles. The van der Waals surface area contributed by atoms with Gasteiger partial charge in [0.25, 0.3) is 0 Å². The number of hydrogen-bond acceptors (Lipinski definition) is 4. The standard InChI is InChI=1S/C16H28N4O3S.HI/c1-5-17-16(18-11-12-23-6-2)19-13-14-7-9-15(10-8-14)24(21,22)20(3)4;/h7-10H,5-6,11-13H2,1-4H3,(H2,17,18,19);1H. The molecule has 0 bridgehead atoms. The van der Waals surface area contributed by atoms with Crippen molar-refractivity contribution in [1.82, 2.24) is 14.9 Å². The van der Waals surface area contributed by atoms with Gasteiger partial charge in [-0.25, -0.2) is 17.7 Å². The number of guanidine groups is 1. The molecule has 0 aromatic heterocycles. The Morgan fingerprint density at radius 3 is 2.32 bits per heavy atom. The first kappa shape index (κ1) is 24.1. The van der Waals surface area contributed by atoms with Crippen molar-refractivity contribution < 1.29 is 13.2 Å². The van der Waals surface area contributed by atoms with E-state index in [0.717, 1.165) is 12.1 Å². The maximum Gasteiger partial charge on any atom is 0.242 e. The third-order valence-electron chi connectivity index (χ3n) is 3.21. The molecule has 0 aliphatic heterocycles. The Bertz CT molecular complexity index is 619. The van der Waals surface area contributed by atoms with Gasteiger partial charge in [-0.1, -0.05) is 12.1 Å². The van der Waals surface area contributed by atoms with Gasteiger partial charge < -0.3 is 15.4 Å². The molecule has 25 heavy (non-hydrogen) atoms. The van der Waals surface area contributed by atoms with Gasteiger partial charge >= 0.3 is 0 Å². The quantitative estimate of drug-likeness (QED) is 0.241. The van der Waals surface area contributed by atoms with Crippen molar-refractivity contribution in [2.75, 3.05) is 40.4 Å². The van der Waals surface area contributed by atoms with Gasteiger partial charge in [-0.05, 0) is 31.5 Å². The van der Waals surface area contributed by atoms with Gasteiger partial charge in [-0.15, -0.1) is 24.0 Å². The summed E-state index contributed by atoms with van der Waals surface area (Å²) in [6.45, 7) is 7.18. The lowest BCUT2D eigenvalue weighted by Crippen LogP contribution is -2.39. The molecule has 0 unspecified atom stereocenters. The Labute approximate surface area is 168 Å². The van der Waals surface area contributed by atoms with Crippen molar-refractivity contribution >= 4 is 40.0 Å². The summed E-state index contributed by atoms with van der Waals surface area (Å²) in [5.74, 6) is 0.710. The van der Waals surface area contributed by atoms with Gasteiger partial charge in [0.1, 0.15) is 0 Å². The van der Waals surface area contributed by atoms with Gasteiger partial charge in [-0.2, -0.15) is 0 Å². The molecule has 0 amide bonds. The number of hydrogen-bond donors (Lipinski definition) is 2. The summed E-state index contributed by atoms with van der Waals surface area (Å²) in [5.41, 5.74) is 0.940. The predicted octanol–water partition coefficient (Wildman–Crippen LogP) is 1.65. The molecular weight excluding hydrogens is 455 g/mol. The molecular formula is C16H29IN4O3S. The van der Waals surface area contributed by atoms with E-state index >= 15 is 0 Å². The molecule has 1 rings (SSSR count). The van der Waals surface area contributed by atoms with Crippen LogP contribution in [0.1, 0.15) is 19.4 Å². The lowest BCUT2D eigenvalue weighted by Gasteiger charge is -2.12. The molecule has 144 valence electrons. The number of benzene rings is 1. The zero-order valence-corrected chi connectivity index (χ0v) is 18.4. The average molecular weight is 484 g/mol. The fraction of sp³-hybridized carbons (Fsp3) is 0.562. The first-order chi connectivity index (χ1) is 11.4. The van der Waals surface area contributed by atoms with E-state index in [4.69, 9.17) is 4.74 Å². The molecule has 2 N–H and O–H groups in total. The zero-order valence-electron chi connectivity index (χ0n) is 15.3. The van der Waals surface area contributed by atoms with Crippen LogP contribution in [0.3, 0.4) is 0 Å². The summed E-state index contributed by atoms with van der Waals surface area (Å²) in [6.07, 6.45) is 0. The van der Waals surface area contributed by atoms with Crippen LogP contribution in [0.4, 0.5) is 0 Å². The fourth-order valence-corrected chi connectivity index (χ4v) is 2.78. The van der Waals surface area contributed by atoms with Gasteiger partial charge in [0.2, 0.25) is 10.0 Å². The number of ether oxygens (including phenoxy) is 1. The molecule has 0 heterocycles. The molecule has 0 atom stereocenters. The Morgan fingerprint density at radius 1 is 1.16 bits per heavy atom. The van der Waals surface area contributed by atoms with Crippen LogP contribution in [-0.4, -0.2) is 59.1 Å². The minimum absolute atomic E-state index is 0. The van der Waals surface area contributed by atoms with Crippen LogP contribution in [0.2, 0.25) is 0 Å².